The van der Waals surface area contributed by atoms with Crippen LogP contribution in [-0.2, 0) is 14.3 Å². The highest BCUT2D eigenvalue weighted by atomic mass is 16.5. The highest BCUT2D eigenvalue weighted by molar-refractivity contribution is 6.07. The molecule has 0 unspecified atom stereocenters. The summed E-state index contributed by atoms with van der Waals surface area (Å²) in [5, 5.41) is 0. The maximum atomic E-state index is 10.9. The number of dihydropyridines is 1. The number of nitrogens with zero attached hydrogens (tertiary/aromatic N) is 1. The molecule has 0 atom stereocenters. The van der Waals surface area contributed by atoms with E-state index >= 15 is 0 Å². The van der Waals surface area contributed by atoms with Gasteiger partial charge in [0.2, 0.25) is 5.91 Å². The molecule has 0 aromatic carbocycles. The molecule has 0 saturated carbocycles. The zero-order valence-electron chi connectivity index (χ0n) is 8.37. The predicted molar refractivity (Wildman–Crippen MR) is 52.1 cm³/mol. The van der Waals surface area contributed by atoms with Gasteiger partial charge in [0, 0.05) is 25.5 Å². The number of amides is 1. The molecule has 1 aliphatic rings. The van der Waals surface area contributed by atoms with Crippen LogP contribution in [0.5, 0.6) is 0 Å². The van der Waals surface area contributed by atoms with Crippen molar-refractivity contribution in [3.8, 4) is 0 Å². The highest BCUT2D eigenvalue weighted by Crippen LogP contribution is 2.12. The van der Waals surface area contributed by atoms with Gasteiger partial charge in [0.25, 0.3) is 0 Å². The third-order valence-electron chi connectivity index (χ3n) is 1.96. The summed E-state index contributed by atoms with van der Waals surface area (Å²) >= 11 is 0. The Bertz CT molecular complexity index is 315. The predicted octanol–water partition coefficient (Wildman–Crippen LogP) is 1.26. The van der Waals surface area contributed by atoms with Crippen LogP contribution in [0.15, 0.2) is 16.6 Å². The standard InChI is InChI=1S/C10H13NO3/c1-7-9(3-4-10(13)11-7)5-6-14-8(2)12/h3H,4-6H2,1-2H3. The SMILES string of the molecule is CC(=O)OCCC1=CCC(=O)N=C1C. The normalized spacial score (nSPS) is 16.0. The van der Waals surface area contributed by atoms with Gasteiger partial charge >= 0.3 is 5.97 Å². The minimum Gasteiger partial charge on any atom is -0.466 e. The molecule has 14 heavy (non-hydrogen) atoms. The van der Waals surface area contributed by atoms with Gasteiger partial charge in [0.05, 0.1) is 6.61 Å². The van der Waals surface area contributed by atoms with Gasteiger partial charge in [-0.3, -0.25) is 9.59 Å². The Morgan fingerprint density at radius 3 is 2.93 bits per heavy atom. The van der Waals surface area contributed by atoms with Crippen molar-refractivity contribution in [2.45, 2.75) is 26.7 Å². The first-order valence-electron chi connectivity index (χ1n) is 4.50. The summed E-state index contributed by atoms with van der Waals surface area (Å²) in [7, 11) is 0. The van der Waals surface area contributed by atoms with Crippen molar-refractivity contribution >= 4 is 17.6 Å². The molecule has 0 aromatic rings. The van der Waals surface area contributed by atoms with Gasteiger partial charge in [0.15, 0.2) is 0 Å². The van der Waals surface area contributed by atoms with Crippen molar-refractivity contribution in [2.75, 3.05) is 6.61 Å². The Balaban J connectivity index is 2.42. The topological polar surface area (TPSA) is 55.7 Å². The van der Waals surface area contributed by atoms with Crippen LogP contribution in [0.25, 0.3) is 0 Å². The van der Waals surface area contributed by atoms with Crippen LogP contribution < -0.4 is 0 Å². The van der Waals surface area contributed by atoms with Crippen LogP contribution in [0.3, 0.4) is 0 Å². The monoisotopic (exact) mass is 195 g/mol. The van der Waals surface area contributed by atoms with Gasteiger partial charge < -0.3 is 4.74 Å². The number of esters is 1. The Hall–Kier alpha value is -1.45. The fourth-order valence-corrected chi connectivity index (χ4v) is 1.25. The number of ether oxygens (including phenoxy) is 1. The van der Waals surface area contributed by atoms with Crippen molar-refractivity contribution in [1.29, 1.82) is 0 Å². The van der Waals surface area contributed by atoms with Gasteiger partial charge in [-0.1, -0.05) is 6.08 Å². The lowest BCUT2D eigenvalue weighted by atomic mass is 10.0. The van der Waals surface area contributed by atoms with E-state index in [0.29, 0.717) is 19.4 Å². The van der Waals surface area contributed by atoms with E-state index < -0.39 is 0 Å². The van der Waals surface area contributed by atoms with Crippen molar-refractivity contribution in [1.82, 2.24) is 0 Å². The molecule has 1 amide bonds. The van der Waals surface area contributed by atoms with Crippen molar-refractivity contribution in [2.24, 2.45) is 4.99 Å². The van der Waals surface area contributed by atoms with Crippen LogP contribution >= 0.6 is 0 Å². The second-order valence-corrected chi connectivity index (χ2v) is 3.11. The second kappa shape index (κ2) is 4.69. The number of rotatable bonds is 3. The van der Waals surface area contributed by atoms with E-state index in [9.17, 15) is 9.59 Å². The Morgan fingerprint density at radius 2 is 2.36 bits per heavy atom. The zero-order valence-corrected chi connectivity index (χ0v) is 8.37. The smallest absolute Gasteiger partial charge is 0.302 e. The molecule has 1 rings (SSSR count). The molecule has 0 spiro atoms. The van der Waals surface area contributed by atoms with E-state index in [1.807, 2.05) is 6.08 Å². The highest BCUT2D eigenvalue weighted by Gasteiger charge is 2.10. The minimum atomic E-state index is -0.285. The quantitative estimate of drug-likeness (QED) is 0.637. The molecular weight excluding hydrogens is 182 g/mol. The Morgan fingerprint density at radius 1 is 1.64 bits per heavy atom. The number of carbonyl (C=O) groups is 2. The molecule has 1 heterocycles. The summed E-state index contributed by atoms with van der Waals surface area (Å²) < 4.78 is 4.80. The first kappa shape index (κ1) is 10.6. The van der Waals surface area contributed by atoms with E-state index in [1.54, 1.807) is 6.92 Å². The van der Waals surface area contributed by atoms with Crippen LogP contribution in [0.2, 0.25) is 0 Å². The van der Waals surface area contributed by atoms with Gasteiger partial charge in [-0.05, 0) is 12.5 Å². The van der Waals surface area contributed by atoms with Crippen molar-refractivity contribution < 1.29 is 14.3 Å². The third-order valence-corrected chi connectivity index (χ3v) is 1.96. The molecule has 76 valence electrons. The fourth-order valence-electron chi connectivity index (χ4n) is 1.25. The van der Waals surface area contributed by atoms with Gasteiger partial charge in [-0.2, -0.15) is 0 Å². The molecule has 0 aliphatic carbocycles. The minimum absolute atomic E-state index is 0.112. The second-order valence-electron chi connectivity index (χ2n) is 3.11. The lowest BCUT2D eigenvalue weighted by molar-refractivity contribution is -0.140. The number of aliphatic imine (C=N–C) groups is 1. The van der Waals surface area contributed by atoms with Gasteiger partial charge in [-0.25, -0.2) is 4.99 Å². The molecule has 1 aliphatic heterocycles. The Kier molecular flexibility index (Phi) is 3.56. The van der Waals surface area contributed by atoms with Crippen molar-refractivity contribution in [3.63, 3.8) is 0 Å². The van der Waals surface area contributed by atoms with E-state index in [-0.39, 0.29) is 11.9 Å². The maximum absolute atomic E-state index is 10.9. The van der Waals surface area contributed by atoms with Crippen LogP contribution in [0, 0.1) is 0 Å². The molecular formula is C10H13NO3. The molecule has 0 radical (unpaired) electrons. The molecule has 0 fully saturated rings. The van der Waals surface area contributed by atoms with Crippen LogP contribution in [-0.4, -0.2) is 24.2 Å². The summed E-state index contributed by atoms with van der Waals surface area (Å²) in [5.41, 5.74) is 1.72. The van der Waals surface area contributed by atoms with E-state index in [0.717, 1.165) is 11.3 Å². The summed E-state index contributed by atoms with van der Waals surface area (Å²) in [4.78, 5) is 25.2. The number of hydrogen-bond donors (Lipinski definition) is 0. The Labute approximate surface area is 82.7 Å². The maximum Gasteiger partial charge on any atom is 0.302 e. The molecule has 0 aromatic heterocycles. The van der Waals surface area contributed by atoms with E-state index in [4.69, 9.17) is 4.74 Å². The van der Waals surface area contributed by atoms with Gasteiger partial charge in [0.1, 0.15) is 0 Å². The third kappa shape index (κ3) is 3.12. The summed E-state index contributed by atoms with van der Waals surface area (Å²) in [5.74, 6) is -0.397. The van der Waals surface area contributed by atoms with Crippen LogP contribution in [0.4, 0.5) is 0 Å². The summed E-state index contributed by atoms with van der Waals surface area (Å²) in [6.45, 7) is 3.51. The molecule has 0 N–H and O–H groups in total. The van der Waals surface area contributed by atoms with E-state index in [1.165, 1.54) is 6.92 Å². The van der Waals surface area contributed by atoms with Gasteiger partial charge in [-0.15, -0.1) is 0 Å². The first-order chi connectivity index (χ1) is 6.59. The van der Waals surface area contributed by atoms with Crippen molar-refractivity contribution in [3.05, 3.63) is 11.6 Å². The largest absolute Gasteiger partial charge is 0.466 e. The average molecular weight is 195 g/mol. The number of hydrogen-bond acceptors (Lipinski definition) is 3. The van der Waals surface area contributed by atoms with Crippen LogP contribution in [0.1, 0.15) is 26.7 Å². The average Bonchev–Trinajstić information content (AvgIpc) is 2.08. The molecule has 4 heteroatoms. The first-order valence-corrected chi connectivity index (χ1v) is 4.50. The molecule has 0 bridgehead atoms. The summed E-state index contributed by atoms with van der Waals surface area (Å²) in [6, 6.07) is 0. The molecule has 4 nitrogen and oxygen atoms in total. The fraction of sp³-hybridized carbons (Fsp3) is 0.500. The summed E-state index contributed by atoms with van der Waals surface area (Å²) in [6.07, 6.45) is 2.82. The lowest BCUT2D eigenvalue weighted by Gasteiger charge is -2.10. The zero-order chi connectivity index (χ0) is 10.6. The van der Waals surface area contributed by atoms with E-state index in [2.05, 4.69) is 4.99 Å². The molecule has 0 saturated heterocycles. The number of carbonyl (C=O) groups excluding carboxylic acids is 2. The lowest BCUT2D eigenvalue weighted by Crippen LogP contribution is -2.11.